The van der Waals surface area contributed by atoms with E-state index in [9.17, 15) is 4.79 Å². The van der Waals surface area contributed by atoms with E-state index >= 15 is 0 Å². The van der Waals surface area contributed by atoms with Crippen molar-refractivity contribution in [2.75, 3.05) is 18.1 Å². The number of nitrogens with one attached hydrogen (secondary N) is 1. The molecule has 1 radical (unpaired) electrons. The second-order valence-corrected chi connectivity index (χ2v) is 3.20. The van der Waals surface area contributed by atoms with E-state index in [1.807, 2.05) is 18.0 Å². The lowest BCUT2D eigenvalue weighted by Crippen LogP contribution is -2.31. The molecule has 3 heteroatoms. The lowest BCUT2D eigenvalue weighted by molar-refractivity contribution is 0.528. The Morgan fingerprint density at radius 3 is 3.33 bits per heavy atom. The Morgan fingerprint density at radius 2 is 2.56 bits per heavy atom. The predicted octanol–water partition coefficient (Wildman–Crippen LogP) is 0.191. The van der Waals surface area contributed by atoms with Gasteiger partial charge in [0.2, 0.25) is 6.29 Å². The van der Waals surface area contributed by atoms with Gasteiger partial charge in [-0.25, -0.2) is 0 Å². The first-order chi connectivity index (χ1) is 4.43. The molecule has 1 aliphatic heterocycles. The van der Waals surface area contributed by atoms with Gasteiger partial charge in [-0.1, -0.05) is 0 Å². The Bertz CT molecular complexity index is 89.1. The van der Waals surface area contributed by atoms with Crippen molar-refractivity contribution in [1.29, 1.82) is 0 Å². The van der Waals surface area contributed by atoms with Gasteiger partial charge in [0.15, 0.2) is 0 Å². The predicted molar refractivity (Wildman–Crippen MR) is 39.4 cm³/mol. The van der Waals surface area contributed by atoms with Crippen LogP contribution in [0.25, 0.3) is 0 Å². The van der Waals surface area contributed by atoms with E-state index in [0.29, 0.717) is 0 Å². The van der Waals surface area contributed by atoms with Gasteiger partial charge in [-0.05, 0) is 18.7 Å². The molecular formula is C6H10NOS. The van der Waals surface area contributed by atoms with Crippen LogP contribution in [-0.4, -0.2) is 30.4 Å². The molecule has 1 N–H and O–H groups in total. The highest BCUT2D eigenvalue weighted by Crippen LogP contribution is 2.06. The summed E-state index contributed by atoms with van der Waals surface area (Å²) >= 11 is 1.82. The van der Waals surface area contributed by atoms with Gasteiger partial charge in [0.05, 0.1) is 6.04 Å². The third kappa shape index (κ3) is 2.37. The molecule has 1 rings (SSSR count). The van der Waals surface area contributed by atoms with Gasteiger partial charge in [0.1, 0.15) is 0 Å². The highest BCUT2D eigenvalue weighted by molar-refractivity contribution is 7.99. The van der Waals surface area contributed by atoms with E-state index in [-0.39, 0.29) is 6.04 Å². The standard InChI is InChI=1S/C6H10NOS/c8-4-6-5-9-3-1-2-7-6/h6-7H,1-3,5H2. The molecule has 0 bridgehead atoms. The van der Waals surface area contributed by atoms with Gasteiger partial charge in [0.25, 0.3) is 0 Å². The summed E-state index contributed by atoms with van der Waals surface area (Å²) in [6.45, 7) is 0.965. The Kier molecular flexibility index (Phi) is 3.08. The number of rotatable bonds is 1. The second-order valence-electron chi connectivity index (χ2n) is 2.05. The van der Waals surface area contributed by atoms with Gasteiger partial charge >= 0.3 is 0 Å². The third-order valence-corrected chi connectivity index (χ3v) is 2.43. The second kappa shape index (κ2) is 3.90. The van der Waals surface area contributed by atoms with Crippen LogP contribution in [0.3, 0.4) is 0 Å². The first-order valence-electron chi connectivity index (χ1n) is 3.12. The summed E-state index contributed by atoms with van der Waals surface area (Å²) in [4.78, 5) is 10.1. The minimum atomic E-state index is -0.0162. The van der Waals surface area contributed by atoms with Gasteiger partial charge in [-0.3, -0.25) is 4.79 Å². The molecule has 0 aliphatic carbocycles. The molecule has 1 heterocycles. The lowest BCUT2D eigenvalue weighted by atomic mass is 10.3. The monoisotopic (exact) mass is 144 g/mol. The van der Waals surface area contributed by atoms with Crippen LogP contribution in [0.5, 0.6) is 0 Å². The fraction of sp³-hybridized carbons (Fsp3) is 0.833. The molecule has 1 saturated heterocycles. The van der Waals surface area contributed by atoms with Gasteiger partial charge in [-0.2, -0.15) is 11.8 Å². The molecule has 0 aromatic heterocycles. The molecule has 1 atom stereocenters. The summed E-state index contributed by atoms with van der Waals surface area (Å²) in [6.07, 6.45) is 3.13. The van der Waals surface area contributed by atoms with Gasteiger partial charge in [-0.15, -0.1) is 0 Å². The fourth-order valence-electron chi connectivity index (χ4n) is 0.786. The first-order valence-corrected chi connectivity index (χ1v) is 4.28. The summed E-state index contributed by atoms with van der Waals surface area (Å²) in [5, 5.41) is 3.09. The van der Waals surface area contributed by atoms with Crippen molar-refractivity contribution in [3.05, 3.63) is 0 Å². The molecule has 2 nitrogen and oxygen atoms in total. The third-order valence-electron chi connectivity index (χ3n) is 1.28. The maximum atomic E-state index is 10.1. The highest BCUT2D eigenvalue weighted by atomic mass is 32.2. The Labute approximate surface area is 59.4 Å². The van der Waals surface area contributed by atoms with E-state index in [1.54, 1.807) is 0 Å². The van der Waals surface area contributed by atoms with Crippen molar-refractivity contribution in [3.63, 3.8) is 0 Å². The number of thioether (sulfide) groups is 1. The Hall–Kier alpha value is -0.0200. The number of hydrogen-bond donors (Lipinski definition) is 1. The molecule has 1 unspecified atom stereocenters. The van der Waals surface area contributed by atoms with Crippen LogP contribution in [0, 0.1) is 0 Å². The lowest BCUT2D eigenvalue weighted by Gasteiger charge is -2.03. The van der Waals surface area contributed by atoms with Crippen LogP contribution >= 0.6 is 11.8 Å². The van der Waals surface area contributed by atoms with Crippen LogP contribution in [0.15, 0.2) is 0 Å². The minimum Gasteiger partial charge on any atom is -0.306 e. The van der Waals surface area contributed by atoms with E-state index < -0.39 is 0 Å². The number of carbonyl (C=O) groups excluding carboxylic acids is 1. The van der Waals surface area contributed by atoms with Crippen molar-refractivity contribution in [2.45, 2.75) is 12.5 Å². The summed E-state index contributed by atoms with van der Waals surface area (Å²) < 4.78 is 0. The van der Waals surface area contributed by atoms with Crippen LogP contribution in [0.1, 0.15) is 6.42 Å². The summed E-state index contributed by atoms with van der Waals surface area (Å²) in [6, 6.07) is -0.0162. The smallest absolute Gasteiger partial charge is 0.217 e. The van der Waals surface area contributed by atoms with E-state index in [0.717, 1.165) is 12.3 Å². The topological polar surface area (TPSA) is 29.1 Å². The quantitative estimate of drug-likeness (QED) is 0.569. The maximum Gasteiger partial charge on any atom is 0.217 e. The molecule has 0 spiro atoms. The normalized spacial score (nSPS) is 29.1. The zero-order valence-corrected chi connectivity index (χ0v) is 6.04. The summed E-state index contributed by atoms with van der Waals surface area (Å²) in [5.41, 5.74) is 0. The van der Waals surface area contributed by atoms with Crippen molar-refractivity contribution in [3.8, 4) is 0 Å². The van der Waals surface area contributed by atoms with Gasteiger partial charge < -0.3 is 5.32 Å². The first kappa shape index (κ1) is 7.09. The van der Waals surface area contributed by atoms with E-state index in [2.05, 4.69) is 5.32 Å². The fourth-order valence-corrected chi connectivity index (χ4v) is 1.72. The SMILES string of the molecule is O=[C]C1CSCCCN1. The molecule has 0 saturated carbocycles. The van der Waals surface area contributed by atoms with Crippen LogP contribution in [0.2, 0.25) is 0 Å². The summed E-state index contributed by atoms with van der Waals surface area (Å²) in [7, 11) is 0. The molecule has 0 aromatic rings. The van der Waals surface area contributed by atoms with Crippen molar-refractivity contribution in [2.24, 2.45) is 0 Å². The number of hydrogen-bond acceptors (Lipinski definition) is 3. The maximum absolute atomic E-state index is 10.1. The largest absolute Gasteiger partial charge is 0.306 e. The minimum absolute atomic E-state index is 0.0162. The van der Waals surface area contributed by atoms with Crippen LogP contribution in [0.4, 0.5) is 0 Å². The van der Waals surface area contributed by atoms with Crippen LogP contribution in [-0.2, 0) is 4.79 Å². The van der Waals surface area contributed by atoms with Gasteiger partial charge in [0, 0.05) is 5.75 Å². The van der Waals surface area contributed by atoms with Crippen molar-refractivity contribution >= 4 is 18.0 Å². The highest BCUT2D eigenvalue weighted by Gasteiger charge is 2.09. The molecule has 1 fully saturated rings. The zero-order valence-electron chi connectivity index (χ0n) is 5.22. The average molecular weight is 144 g/mol. The molecule has 9 heavy (non-hydrogen) atoms. The van der Waals surface area contributed by atoms with Crippen molar-refractivity contribution < 1.29 is 4.79 Å². The van der Waals surface area contributed by atoms with E-state index in [1.165, 1.54) is 12.2 Å². The molecule has 0 aromatic carbocycles. The van der Waals surface area contributed by atoms with Crippen molar-refractivity contribution in [1.82, 2.24) is 5.32 Å². The average Bonchev–Trinajstić information content (AvgIpc) is 2.13. The molecular weight excluding hydrogens is 134 g/mol. The Balaban J connectivity index is 2.26. The Morgan fingerprint density at radius 1 is 1.67 bits per heavy atom. The zero-order chi connectivity index (χ0) is 6.53. The molecule has 0 amide bonds. The van der Waals surface area contributed by atoms with Crippen LogP contribution < -0.4 is 5.32 Å². The summed E-state index contributed by atoms with van der Waals surface area (Å²) in [5.74, 6) is 2.06. The molecule has 1 aliphatic rings. The molecule has 51 valence electrons. The van der Waals surface area contributed by atoms with E-state index in [4.69, 9.17) is 0 Å².